The van der Waals surface area contributed by atoms with E-state index in [1.165, 1.54) is 15.9 Å². The van der Waals surface area contributed by atoms with Gasteiger partial charge < -0.3 is 4.74 Å². The monoisotopic (exact) mass is 350 g/mol. The first-order valence-electron chi connectivity index (χ1n) is 7.80. The average Bonchev–Trinajstić information content (AvgIpc) is 3.18. The molecule has 124 valence electrons. The highest BCUT2D eigenvalue weighted by Gasteiger charge is 2.12. The summed E-state index contributed by atoms with van der Waals surface area (Å²) in [6, 6.07) is 11.3. The lowest BCUT2D eigenvalue weighted by atomic mass is 10.2. The second kappa shape index (κ2) is 6.45. The number of rotatable bonds is 4. The van der Waals surface area contributed by atoms with Crippen molar-refractivity contribution in [2.24, 2.45) is 0 Å². The predicted molar refractivity (Wildman–Crippen MR) is 96.8 cm³/mol. The predicted octanol–water partition coefficient (Wildman–Crippen LogP) is 2.16. The van der Waals surface area contributed by atoms with Crippen molar-refractivity contribution < 1.29 is 4.74 Å². The maximum atomic E-state index is 12.6. The molecule has 0 N–H and O–H groups in total. The van der Waals surface area contributed by atoms with E-state index < -0.39 is 0 Å². The molecule has 3 heterocycles. The zero-order valence-corrected chi connectivity index (χ0v) is 14.2. The third-order valence-electron chi connectivity index (χ3n) is 3.61. The Labute approximate surface area is 147 Å². The van der Waals surface area contributed by atoms with Crippen molar-refractivity contribution in [2.75, 3.05) is 6.61 Å². The SMILES string of the molecule is CCOc1ccccc1C=c1sc2nc(-c3cccnc3)nn2c1=O. The Morgan fingerprint density at radius 1 is 1.24 bits per heavy atom. The Morgan fingerprint density at radius 3 is 2.88 bits per heavy atom. The molecule has 6 nitrogen and oxygen atoms in total. The number of nitrogens with zero attached hydrogens (tertiary/aromatic N) is 4. The minimum absolute atomic E-state index is 0.186. The molecule has 0 bridgehead atoms. The summed E-state index contributed by atoms with van der Waals surface area (Å²) in [6.07, 6.45) is 5.18. The molecule has 0 radical (unpaired) electrons. The molecule has 0 spiro atoms. The quantitative estimate of drug-likeness (QED) is 0.564. The summed E-state index contributed by atoms with van der Waals surface area (Å²) >= 11 is 1.31. The lowest BCUT2D eigenvalue weighted by Gasteiger charge is -2.05. The topological polar surface area (TPSA) is 69.4 Å². The highest BCUT2D eigenvalue weighted by atomic mass is 32.1. The molecule has 0 saturated carbocycles. The number of aromatic nitrogens is 4. The third kappa shape index (κ3) is 2.89. The molecule has 0 unspecified atom stereocenters. The van der Waals surface area contributed by atoms with E-state index in [0.717, 1.165) is 16.9 Å². The molecule has 4 aromatic rings. The Bertz CT molecular complexity index is 1140. The molecule has 1 aromatic carbocycles. The van der Waals surface area contributed by atoms with Crippen LogP contribution in [-0.2, 0) is 0 Å². The van der Waals surface area contributed by atoms with Crippen LogP contribution in [0, 0.1) is 0 Å². The van der Waals surface area contributed by atoms with Crippen LogP contribution in [0.4, 0.5) is 0 Å². The van der Waals surface area contributed by atoms with Gasteiger partial charge in [-0.1, -0.05) is 29.5 Å². The molecule has 0 aliphatic rings. The Kier molecular flexibility index (Phi) is 3.99. The van der Waals surface area contributed by atoms with Gasteiger partial charge in [0, 0.05) is 23.5 Å². The summed E-state index contributed by atoms with van der Waals surface area (Å²) in [5.41, 5.74) is 1.46. The van der Waals surface area contributed by atoms with Crippen molar-refractivity contribution in [2.45, 2.75) is 6.92 Å². The van der Waals surface area contributed by atoms with E-state index in [2.05, 4.69) is 15.1 Å². The molecule has 0 aliphatic carbocycles. The van der Waals surface area contributed by atoms with Gasteiger partial charge in [0.25, 0.3) is 5.56 Å². The number of pyridine rings is 1. The maximum Gasteiger partial charge on any atom is 0.291 e. The number of hydrogen-bond acceptors (Lipinski definition) is 6. The van der Waals surface area contributed by atoms with Crippen LogP contribution >= 0.6 is 11.3 Å². The second-order valence-electron chi connectivity index (χ2n) is 5.26. The van der Waals surface area contributed by atoms with Crippen LogP contribution in [0.1, 0.15) is 12.5 Å². The first kappa shape index (κ1) is 15.5. The van der Waals surface area contributed by atoms with E-state index in [4.69, 9.17) is 4.74 Å². The van der Waals surface area contributed by atoms with Crippen LogP contribution in [0.25, 0.3) is 22.4 Å². The van der Waals surface area contributed by atoms with E-state index in [1.54, 1.807) is 12.4 Å². The molecule has 3 aromatic heterocycles. The Balaban J connectivity index is 1.81. The van der Waals surface area contributed by atoms with Crippen molar-refractivity contribution in [3.05, 3.63) is 69.2 Å². The van der Waals surface area contributed by atoms with Gasteiger partial charge in [-0.05, 0) is 31.2 Å². The standard InChI is InChI=1S/C18H14N4O2S/c1-2-24-14-8-4-3-6-12(14)10-15-17(23)22-18(25-15)20-16(21-22)13-7-5-9-19-11-13/h3-11H,2H2,1H3. The van der Waals surface area contributed by atoms with Crippen LogP contribution in [-0.4, -0.2) is 26.2 Å². The fraction of sp³-hybridized carbons (Fsp3) is 0.111. The van der Waals surface area contributed by atoms with Gasteiger partial charge in [-0.25, -0.2) is 0 Å². The molecule has 25 heavy (non-hydrogen) atoms. The lowest BCUT2D eigenvalue weighted by molar-refractivity contribution is 0.339. The van der Waals surface area contributed by atoms with E-state index >= 15 is 0 Å². The van der Waals surface area contributed by atoms with Crippen molar-refractivity contribution >= 4 is 22.4 Å². The first-order valence-corrected chi connectivity index (χ1v) is 8.61. The molecule has 0 amide bonds. The van der Waals surface area contributed by atoms with Crippen LogP contribution in [0.15, 0.2) is 53.6 Å². The van der Waals surface area contributed by atoms with Gasteiger partial charge in [0.15, 0.2) is 5.82 Å². The van der Waals surface area contributed by atoms with Gasteiger partial charge in [0.05, 0.1) is 11.1 Å². The molecule has 7 heteroatoms. The fourth-order valence-electron chi connectivity index (χ4n) is 2.48. The van der Waals surface area contributed by atoms with Crippen LogP contribution in [0.5, 0.6) is 5.75 Å². The van der Waals surface area contributed by atoms with Gasteiger partial charge in [-0.2, -0.15) is 9.50 Å². The third-order valence-corrected chi connectivity index (χ3v) is 4.57. The van der Waals surface area contributed by atoms with Gasteiger partial charge in [-0.3, -0.25) is 9.78 Å². The Hall–Kier alpha value is -3.06. The normalized spacial score (nSPS) is 12.0. The number of thiazole rings is 1. The molecule has 0 saturated heterocycles. The van der Waals surface area contributed by atoms with E-state index in [-0.39, 0.29) is 5.56 Å². The van der Waals surface area contributed by atoms with Crippen molar-refractivity contribution in [1.82, 2.24) is 19.6 Å². The number of ether oxygens (including phenoxy) is 1. The van der Waals surface area contributed by atoms with Gasteiger partial charge in [-0.15, -0.1) is 5.10 Å². The largest absolute Gasteiger partial charge is 0.493 e. The van der Waals surface area contributed by atoms with Crippen LogP contribution < -0.4 is 14.8 Å². The maximum absolute atomic E-state index is 12.6. The molecular formula is C18H14N4O2S. The van der Waals surface area contributed by atoms with Crippen molar-refractivity contribution in [3.63, 3.8) is 0 Å². The summed E-state index contributed by atoms with van der Waals surface area (Å²) < 4.78 is 7.51. The fourth-order valence-corrected chi connectivity index (χ4v) is 3.38. The molecular weight excluding hydrogens is 336 g/mol. The highest BCUT2D eigenvalue weighted by Crippen LogP contribution is 2.19. The van der Waals surface area contributed by atoms with E-state index in [0.29, 0.717) is 21.9 Å². The number of benzene rings is 1. The molecule has 0 aliphatic heterocycles. The molecule has 4 rings (SSSR count). The summed E-state index contributed by atoms with van der Waals surface area (Å²) in [4.78, 5) is 21.7. The van der Waals surface area contributed by atoms with Crippen LogP contribution in [0.3, 0.4) is 0 Å². The van der Waals surface area contributed by atoms with Crippen LogP contribution in [0.2, 0.25) is 0 Å². The highest BCUT2D eigenvalue weighted by molar-refractivity contribution is 7.15. The first-order chi connectivity index (χ1) is 12.3. The zero-order valence-electron chi connectivity index (χ0n) is 13.4. The summed E-state index contributed by atoms with van der Waals surface area (Å²) in [7, 11) is 0. The Morgan fingerprint density at radius 2 is 2.12 bits per heavy atom. The van der Waals surface area contributed by atoms with Gasteiger partial charge >= 0.3 is 0 Å². The number of fused-ring (bicyclic) bond motifs is 1. The smallest absolute Gasteiger partial charge is 0.291 e. The second-order valence-corrected chi connectivity index (χ2v) is 6.27. The van der Waals surface area contributed by atoms with E-state index in [9.17, 15) is 4.79 Å². The van der Waals surface area contributed by atoms with E-state index in [1.807, 2.05) is 49.4 Å². The number of hydrogen-bond donors (Lipinski definition) is 0. The number of para-hydroxylation sites is 1. The molecule has 0 atom stereocenters. The zero-order chi connectivity index (χ0) is 17.2. The van der Waals surface area contributed by atoms with Crippen molar-refractivity contribution in [1.29, 1.82) is 0 Å². The molecule has 0 fully saturated rings. The minimum Gasteiger partial charge on any atom is -0.493 e. The summed E-state index contributed by atoms with van der Waals surface area (Å²) in [6.45, 7) is 2.50. The van der Waals surface area contributed by atoms with Crippen molar-refractivity contribution in [3.8, 4) is 17.1 Å². The average molecular weight is 350 g/mol. The lowest BCUT2D eigenvalue weighted by Crippen LogP contribution is -2.23. The summed E-state index contributed by atoms with van der Waals surface area (Å²) in [5, 5.41) is 4.32. The minimum atomic E-state index is -0.186. The van der Waals surface area contributed by atoms with Gasteiger partial charge in [0.1, 0.15) is 5.75 Å². The van der Waals surface area contributed by atoms with Gasteiger partial charge in [0.2, 0.25) is 4.96 Å². The summed E-state index contributed by atoms with van der Waals surface area (Å²) in [5.74, 6) is 1.25.